The molecule has 2 N–H and O–H groups in total. The predicted octanol–water partition coefficient (Wildman–Crippen LogP) is 0.148. The molecule has 88 valence electrons. The number of aliphatic hydroxyl groups is 1. The Bertz CT molecular complexity index is 357. The average Bonchev–Trinajstić information content (AvgIpc) is 2.28. The molecule has 0 spiro atoms. The minimum atomic E-state index is -1.63. The molecule has 0 fully saturated rings. The Morgan fingerprint density at radius 3 is 2.75 bits per heavy atom. The third kappa shape index (κ3) is 2.05. The molecular weight excluding hydrogens is 212 g/mol. The van der Waals surface area contributed by atoms with Gasteiger partial charge < -0.3 is 14.9 Å². The van der Waals surface area contributed by atoms with Crippen LogP contribution in [0.2, 0.25) is 0 Å². The molecule has 0 amide bonds. The topological polar surface area (TPSA) is 83.8 Å². The van der Waals surface area contributed by atoms with Gasteiger partial charge in [0.05, 0.1) is 6.10 Å². The van der Waals surface area contributed by atoms with Crippen LogP contribution in [0.4, 0.5) is 0 Å². The van der Waals surface area contributed by atoms with Gasteiger partial charge in [0, 0.05) is 12.7 Å². The van der Waals surface area contributed by atoms with Crippen molar-refractivity contribution in [2.75, 3.05) is 7.11 Å². The van der Waals surface area contributed by atoms with E-state index in [4.69, 9.17) is 9.84 Å². The number of aliphatic carboxylic acids is 1. The first-order chi connectivity index (χ1) is 7.45. The summed E-state index contributed by atoms with van der Waals surface area (Å²) in [6.45, 7) is 1.57. The highest BCUT2D eigenvalue weighted by Gasteiger charge is 2.44. The van der Waals surface area contributed by atoms with Gasteiger partial charge in [0.15, 0.2) is 0 Å². The van der Waals surface area contributed by atoms with Gasteiger partial charge in [0.1, 0.15) is 17.8 Å². The Balaban J connectivity index is 3.13. The van der Waals surface area contributed by atoms with Crippen LogP contribution in [0.1, 0.15) is 6.92 Å². The lowest BCUT2D eigenvalue weighted by atomic mass is 9.78. The molecule has 0 aromatic carbocycles. The van der Waals surface area contributed by atoms with E-state index in [-0.39, 0.29) is 5.57 Å². The number of rotatable bonds is 4. The summed E-state index contributed by atoms with van der Waals surface area (Å²) >= 11 is 0. The van der Waals surface area contributed by atoms with Gasteiger partial charge in [0.2, 0.25) is 0 Å². The first-order valence-corrected chi connectivity index (χ1v) is 4.80. The Hall–Kier alpha value is -1.46. The van der Waals surface area contributed by atoms with Crippen LogP contribution in [0.3, 0.4) is 0 Å². The van der Waals surface area contributed by atoms with Crippen LogP contribution in [-0.4, -0.2) is 41.3 Å². The van der Waals surface area contributed by atoms with Gasteiger partial charge in [-0.25, -0.2) is 0 Å². The van der Waals surface area contributed by atoms with Gasteiger partial charge in [-0.1, -0.05) is 12.2 Å². The lowest BCUT2D eigenvalue weighted by Crippen LogP contribution is -2.50. The van der Waals surface area contributed by atoms with Crippen molar-refractivity contribution >= 4 is 12.3 Å². The summed E-state index contributed by atoms with van der Waals surface area (Å²) in [6, 6.07) is 0. The van der Waals surface area contributed by atoms with Crippen LogP contribution in [0.25, 0.3) is 0 Å². The lowest BCUT2D eigenvalue weighted by molar-refractivity contribution is -0.153. The summed E-state index contributed by atoms with van der Waals surface area (Å²) in [5, 5.41) is 19.3. The minimum Gasteiger partial charge on any atom is -0.481 e. The Kier molecular flexibility index (Phi) is 3.62. The Morgan fingerprint density at radius 1 is 1.69 bits per heavy atom. The van der Waals surface area contributed by atoms with Crippen molar-refractivity contribution in [1.82, 2.24) is 0 Å². The normalized spacial score (nSPS) is 30.7. The van der Waals surface area contributed by atoms with Crippen molar-refractivity contribution in [3.63, 3.8) is 0 Å². The van der Waals surface area contributed by atoms with E-state index >= 15 is 0 Å². The molecule has 1 aliphatic carbocycles. The van der Waals surface area contributed by atoms with Crippen LogP contribution in [-0.2, 0) is 14.3 Å². The predicted molar refractivity (Wildman–Crippen MR) is 55.8 cm³/mol. The summed E-state index contributed by atoms with van der Waals surface area (Å²) in [4.78, 5) is 21.6. The Morgan fingerprint density at radius 2 is 2.31 bits per heavy atom. The van der Waals surface area contributed by atoms with Crippen molar-refractivity contribution in [3.8, 4) is 0 Å². The molecule has 0 heterocycles. The van der Waals surface area contributed by atoms with E-state index in [0.29, 0.717) is 6.29 Å². The van der Waals surface area contributed by atoms with Crippen LogP contribution >= 0.6 is 0 Å². The second-order valence-corrected chi connectivity index (χ2v) is 3.70. The standard InChI is InChI=1S/C11H14O5/c1-7(16-2)11(15)4-3-8(6-12)5-9(11)10(13)14/h3-7,9,15H,1-2H3,(H,13,14). The number of carbonyl (C=O) groups excluding carboxylic acids is 1. The highest BCUT2D eigenvalue weighted by Crippen LogP contribution is 2.31. The van der Waals surface area contributed by atoms with Gasteiger partial charge in [0.25, 0.3) is 0 Å². The molecule has 0 aromatic rings. The number of carboxylic acids is 1. The lowest BCUT2D eigenvalue weighted by Gasteiger charge is -2.36. The summed E-state index contributed by atoms with van der Waals surface area (Å²) in [5.41, 5.74) is -1.40. The summed E-state index contributed by atoms with van der Waals surface area (Å²) in [5.74, 6) is -2.39. The van der Waals surface area contributed by atoms with E-state index in [1.807, 2.05) is 0 Å². The van der Waals surface area contributed by atoms with E-state index in [1.165, 1.54) is 25.3 Å². The number of allylic oxidation sites excluding steroid dienone is 2. The third-order valence-electron chi connectivity index (χ3n) is 2.81. The van der Waals surface area contributed by atoms with Crippen molar-refractivity contribution in [3.05, 3.63) is 23.8 Å². The first kappa shape index (κ1) is 12.6. The van der Waals surface area contributed by atoms with Gasteiger partial charge >= 0.3 is 5.97 Å². The SMILES string of the molecule is COC(C)C1(O)C=CC(C=O)=CC1C(=O)O. The van der Waals surface area contributed by atoms with Crippen molar-refractivity contribution in [2.24, 2.45) is 5.92 Å². The quantitative estimate of drug-likeness (QED) is 0.666. The van der Waals surface area contributed by atoms with E-state index < -0.39 is 23.6 Å². The molecule has 0 saturated carbocycles. The maximum atomic E-state index is 11.0. The molecule has 5 heteroatoms. The van der Waals surface area contributed by atoms with Gasteiger partial charge in [-0.15, -0.1) is 0 Å². The molecule has 1 rings (SSSR count). The average molecular weight is 226 g/mol. The van der Waals surface area contributed by atoms with E-state index in [1.54, 1.807) is 6.92 Å². The van der Waals surface area contributed by atoms with E-state index in [2.05, 4.69) is 0 Å². The molecule has 0 aliphatic heterocycles. The molecule has 0 aromatic heterocycles. The zero-order valence-corrected chi connectivity index (χ0v) is 9.08. The number of ether oxygens (including phenoxy) is 1. The minimum absolute atomic E-state index is 0.236. The van der Waals surface area contributed by atoms with Crippen LogP contribution in [0.5, 0.6) is 0 Å². The fourth-order valence-electron chi connectivity index (χ4n) is 1.64. The zero-order chi connectivity index (χ0) is 12.3. The van der Waals surface area contributed by atoms with Crippen LogP contribution < -0.4 is 0 Å². The summed E-state index contributed by atoms with van der Waals surface area (Å²) < 4.78 is 4.96. The molecule has 3 unspecified atom stereocenters. The Labute approximate surface area is 93.0 Å². The van der Waals surface area contributed by atoms with Crippen molar-refractivity contribution < 1.29 is 24.5 Å². The summed E-state index contributed by atoms with van der Waals surface area (Å²) in [7, 11) is 1.38. The second-order valence-electron chi connectivity index (χ2n) is 3.70. The molecule has 5 nitrogen and oxygen atoms in total. The van der Waals surface area contributed by atoms with Crippen LogP contribution in [0.15, 0.2) is 23.8 Å². The molecule has 3 atom stereocenters. The molecule has 1 aliphatic rings. The maximum Gasteiger partial charge on any atom is 0.313 e. The zero-order valence-electron chi connectivity index (χ0n) is 9.08. The van der Waals surface area contributed by atoms with E-state index in [9.17, 15) is 14.7 Å². The first-order valence-electron chi connectivity index (χ1n) is 4.80. The number of aldehydes is 1. The molecule has 0 radical (unpaired) electrons. The fourth-order valence-corrected chi connectivity index (χ4v) is 1.64. The van der Waals surface area contributed by atoms with Gasteiger partial charge in [-0.05, 0) is 13.0 Å². The third-order valence-corrected chi connectivity index (χ3v) is 2.81. The molecule has 0 saturated heterocycles. The number of methoxy groups -OCH3 is 1. The van der Waals surface area contributed by atoms with Gasteiger partial charge in [-0.2, -0.15) is 0 Å². The fraction of sp³-hybridized carbons (Fsp3) is 0.455. The molecule has 0 bridgehead atoms. The largest absolute Gasteiger partial charge is 0.481 e. The smallest absolute Gasteiger partial charge is 0.313 e. The number of carboxylic acid groups (broad SMARTS) is 1. The van der Waals surface area contributed by atoms with Crippen molar-refractivity contribution in [1.29, 1.82) is 0 Å². The molecule has 16 heavy (non-hydrogen) atoms. The highest BCUT2D eigenvalue weighted by molar-refractivity contribution is 5.83. The number of carbonyl (C=O) groups is 2. The highest BCUT2D eigenvalue weighted by atomic mass is 16.5. The summed E-state index contributed by atoms with van der Waals surface area (Å²) in [6.07, 6.45) is 3.77. The van der Waals surface area contributed by atoms with Crippen LogP contribution in [0, 0.1) is 5.92 Å². The monoisotopic (exact) mass is 226 g/mol. The van der Waals surface area contributed by atoms with Crippen molar-refractivity contribution in [2.45, 2.75) is 18.6 Å². The maximum absolute atomic E-state index is 11.0. The number of hydrogen-bond donors (Lipinski definition) is 2. The molecular formula is C11H14O5. The number of hydrogen-bond acceptors (Lipinski definition) is 4. The second kappa shape index (κ2) is 4.59. The van der Waals surface area contributed by atoms with E-state index in [0.717, 1.165) is 0 Å². The van der Waals surface area contributed by atoms with Gasteiger partial charge in [-0.3, -0.25) is 9.59 Å².